The predicted molar refractivity (Wildman–Crippen MR) is 118 cm³/mol. The van der Waals surface area contributed by atoms with E-state index in [9.17, 15) is 14.0 Å². The number of carbonyl (C=O) groups excluding carboxylic acids is 2. The Bertz CT molecular complexity index is 1240. The molecule has 2 amide bonds. The van der Waals surface area contributed by atoms with Crippen LogP contribution < -0.4 is 10.6 Å². The highest BCUT2D eigenvalue weighted by atomic mass is 35.5. The van der Waals surface area contributed by atoms with Gasteiger partial charge >= 0.3 is 0 Å². The highest BCUT2D eigenvalue weighted by molar-refractivity contribution is 6.30. The highest BCUT2D eigenvalue weighted by Gasteiger charge is 2.24. The maximum absolute atomic E-state index is 13.4. The van der Waals surface area contributed by atoms with Gasteiger partial charge in [0, 0.05) is 29.7 Å². The third kappa shape index (κ3) is 4.55. The van der Waals surface area contributed by atoms with Gasteiger partial charge in [-0.05, 0) is 60.7 Å². The van der Waals surface area contributed by atoms with Crippen LogP contribution in [0.2, 0.25) is 5.02 Å². The molecular weight excluding hydrogens is 435 g/mol. The summed E-state index contributed by atoms with van der Waals surface area (Å²) < 4.78 is 20.5. The molecule has 7 nitrogen and oxygen atoms in total. The molecule has 0 saturated carbocycles. The largest absolute Gasteiger partial charge is 0.463 e. The van der Waals surface area contributed by atoms with Gasteiger partial charge in [0.05, 0.1) is 12.0 Å². The molecule has 32 heavy (non-hydrogen) atoms. The molecule has 0 aliphatic rings. The van der Waals surface area contributed by atoms with Crippen LogP contribution in [0.5, 0.6) is 0 Å². The summed E-state index contributed by atoms with van der Waals surface area (Å²) in [7, 11) is 0. The number of primary amides is 1. The summed E-state index contributed by atoms with van der Waals surface area (Å²) in [4.78, 5) is 26.1. The van der Waals surface area contributed by atoms with Crippen LogP contribution in [-0.2, 0) is 4.79 Å². The van der Waals surface area contributed by atoms with Gasteiger partial charge in [-0.25, -0.2) is 9.07 Å². The molecule has 2 heterocycles. The van der Waals surface area contributed by atoms with E-state index in [4.69, 9.17) is 21.8 Å². The number of nitrogens with zero attached hydrogens (tertiary/aromatic N) is 3. The molecule has 9 heteroatoms. The van der Waals surface area contributed by atoms with E-state index in [0.29, 0.717) is 27.9 Å². The minimum atomic E-state index is -0.562. The van der Waals surface area contributed by atoms with Gasteiger partial charge < -0.3 is 15.1 Å². The zero-order valence-electron chi connectivity index (χ0n) is 16.7. The molecule has 4 rings (SSSR count). The third-order valence-corrected chi connectivity index (χ3v) is 4.99. The maximum Gasteiger partial charge on any atom is 0.278 e. The Morgan fingerprint density at radius 1 is 1.09 bits per heavy atom. The van der Waals surface area contributed by atoms with Crippen molar-refractivity contribution in [2.24, 2.45) is 5.73 Å². The van der Waals surface area contributed by atoms with Gasteiger partial charge in [0.15, 0.2) is 11.5 Å². The summed E-state index contributed by atoms with van der Waals surface area (Å²) in [5, 5.41) is 5.05. The van der Waals surface area contributed by atoms with Crippen LogP contribution in [0.25, 0.3) is 17.1 Å². The normalized spacial score (nSPS) is 10.8. The molecule has 162 valence electrons. The number of nitrogens with two attached hydrogens (primary N) is 1. The van der Waals surface area contributed by atoms with Crippen LogP contribution in [0.4, 0.5) is 10.1 Å². The molecule has 0 aliphatic carbocycles. The Hall–Kier alpha value is -3.91. The summed E-state index contributed by atoms with van der Waals surface area (Å²) in [5.74, 6) is -0.966. The average molecular weight is 453 g/mol. The number of carbonyl (C=O) groups is 2. The predicted octanol–water partition coefficient (Wildman–Crippen LogP) is 4.45. The first kappa shape index (κ1) is 21.3. The van der Waals surface area contributed by atoms with Crippen molar-refractivity contribution in [3.05, 3.63) is 89.5 Å². The van der Waals surface area contributed by atoms with Crippen molar-refractivity contribution in [3.63, 3.8) is 0 Å². The molecule has 0 unspecified atom stereocenters. The fourth-order valence-corrected chi connectivity index (χ4v) is 3.32. The number of rotatable bonds is 7. The lowest BCUT2D eigenvalue weighted by Gasteiger charge is -2.21. The van der Waals surface area contributed by atoms with E-state index in [1.165, 1.54) is 35.4 Å². The number of hydrogen-bond donors (Lipinski definition) is 1. The van der Waals surface area contributed by atoms with Gasteiger partial charge in [0.1, 0.15) is 11.5 Å². The average Bonchev–Trinajstić information content (AvgIpc) is 3.45. The van der Waals surface area contributed by atoms with Gasteiger partial charge in [0.25, 0.3) is 5.91 Å². The van der Waals surface area contributed by atoms with Crippen molar-refractivity contribution in [2.45, 2.75) is 6.42 Å². The summed E-state index contributed by atoms with van der Waals surface area (Å²) in [6.07, 6.45) is 1.46. The number of hydrogen-bond acceptors (Lipinski definition) is 4. The van der Waals surface area contributed by atoms with E-state index in [0.717, 1.165) is 0 Å². The van der Waals surface area contributed by atoms with E-state index in [1.807, 2.05) is 0 Å². The van der Waals surface area contributed by atoms with Crippen LogP contribution in [0, 0.1) is 5.82 Å². The lowest BCUT2D eigenvalue weighted by Crippen LogP contribution is -2.34. The van der Waals surface area contributed by atoms with Crippen LogP contribution in [-0.4, -0.2) is 28.1 Å². The van der Waals surface area contributed by atoms with Crippen LogP contribution in [0.3, 0.4) is 0 Å². The Labute approximate surface area is 187 Å². The number of benzene rings is 2. The van der Waals surface area contributed by atoms with Crippen LogP contribution in [0.15, 0.2) is 77.4 Å². The summed E-state index contributed by atoms with van der Waals surface area (Å²) in [5.41, 5.74) is 7.03. The molecule has 0 aliphatic heterocycles. The van der Waals surface area contributed by atoms with Crippen molar-refractivity contribution in [2.75, 3.05) is 11.4 Å². The van der Waals surface area contributed by atoms with Crippen molar-refractivity contribution in [1.29, 1.82) is 0 Å². The Morgan fingerprint density at radius 3 is 2.44 bits per heavy atom. The molecule has 0 atom stereocenters. The SMILES string of the molecule is NC(=O)CCN(C(=O)c1cc(-c2ccco2)n(-c2ccc(Cl)cc2)n1)c1ccc(F)cc1. The highest BCUT2D eigenvalue weighted by Crippen LogP contribution is 2.27. The first-order valence-electron chi connectivity index (χ1n) is 9.68. The molecule has 0 saturated heterocycles. The molecule has 0 radical (unpaired) electrons. The minimum absolute atomic E-state index is 0.0175. The molecule has 2 aromatic carbocycles. The fourth-order valence-electron chi connectivity index (χ4n) is 3.19. The molecule has 2 aromatic heterocycles. The first-order chi connectivity index (χ1) is 15.4. The zero-order chi connectivity index (χ0) is 22.7. The second kappa shape index (κ2) is 9.07. The molecular formula is C23H18ClFN4O3. The second-order valence-corrected chi connectivity index (χ2v) is 7.37. The number of aromatic nitrogens is 2. The van der Waals surface area contributed by atoms with E-state index in [-0.39, 0.29) is 18.7 Å². The van der Waals surface area contributed by atoms with Crippen molar-refractivity contribution in [3.8, 4) is 17.1 Å². The zero-order valence-corrected chi connectivity index (χ0v) is 17.5. The lowest BCUT2D eigenvalue weighted by molar-refractivity contribution is -0.117. The standard InChI is InChI=1S/C23H18ClFN4O3/c24-15-3-7-18(8-4-15)29-20(21-2-1-13-32-21)14-19(27-29)23(31)28(12-11-22(26)30)17-9-5-16(25)6-10-17/h1-10,13-14H,11-12H2,(H2,26,30). The smallest absolute Gasteiger partial charge is 0.278 e. The van der Waals surface area contributed by atoms with Gasteiger partial charge in [0.2, 0.25) is 5.91 Å². The van der Waals surface area contributed by atoms with Gasteiger partial charge in [-0.3, -0.25) is 9.59 Å². The molecule has 0 bridgehead atoms. The summed E-state index contributed by atoms with van der Waals surface area (Å²) in [6.45, 7) is 0.0175. The fraction of sp³-hybridized carbons (Fsp3) is 0.0870. The minimum Gasteiger partial charge on any atom is -0.463 e. The molecule has 0 fully saturated rings. The maximum atomic E-state index is 13.4. The monoisotopic (exact) mass is 452 g/mol. The van der Waals surface area contributed by atoms with E-state index in [1.54, 1.807) is 47.1 Å². The molecule has 4 aromatic rings. The second-order valence-electron chi connectivity index (χ2n) is 6.93. The Balaban J connectivity index is 1.77. The number of halogens is 2. The van der Waals surface area contributed by atoms with Crippen LogP contribution in [0.1, 0.15) is 16.9 Å². The van der Waals surface area contributed by atoms with E-state index < -0.39 is 17.6 Å². The first-order valence-corrected chi connectivity index (χ1v) is 10.1. The number of anilines is 1. The lowest BCUT2D eigenvalue weighted by atomic mass is 10.2. The van der Waals surface area contributed by atoms with E-state index >= 15 is 0 Å². The van der Waals surface area contributed by atoms with Gasteiger partial charge in [-0.15, -0.1) is 0 Å². The molecule has 0 spiro atoms. The van der Waals surface area contributed by atoms with E-state index in [2.05, 4.69) is 5.10 Å². The van der Waals surface area contributed by atoms with Crippen molar-refractivity contribution < 1.29 is 18.4 Å². The quantitative estimate of drug-likeness (QED) is 0.448. The summed E-state index contributed by atoms with van der Waals surface area (Å²) in [6, 6.07) is 17.4. The molecule has 2 N–H and O–H groups in total. The third-order valence-electron chi connectivity index (χ3n) is 4.74. The van der Waals surface area contributed by atoms with Crippen molar-refractivity contribution >= 4 is 29.1 Å². The topological polar surface area (TPSA) is 94.4 Å². The Kier molecular flexibility index (Phi) is 6.04. The summed E-state index contributed by atoms with van der Waals surface area (Å²) >= 11 is 6.00. The van der Waals surface area contributed by atoms with Crippen LogP contribution >= 0.6 is 11.6 Å². The van der Waals surface area contributed by atoms with Gasteiger partial charge in [-0.1, -0.05) is 11.6 Å². The number of amides is 2. The Morgan fingerprint density at radius 2 is 1.81 bits per heavy atom. The number of furan rings is 1. The van der Waals surface area contributed by atoms with Gasteiger partial charge in [-0.2, -0.15) is 5.10 Å². The van der Waals surface area contributed by atoms with Crippen molar-refractivity contribution in [1.82, 2.24) is 9.78 Å².